The predicted octanol–water partition coefficient (Wildman–Crippen LogP) is 2.62. The maximum absolute atomic E-state index is 12.1. The molecule has 2 aliphatic rings. The zero-order chi connectivity index (χ0) is 17.8. The van der Waals surface area contributed by atoms with Gasteiger partial charge in [-0.1, -0.05) is 6.07 Å². The molecule has 0 unspecified atom stereocenters. The van der Waals surface area contributed by atoms with Crippen molar-refractivity contribution in [1.82, 2.24) is 10.2 Å². The van der Waals surface area contributed by atoms with E-state index in [2.05, 4.69) is 42.7 Å². The largest absolute Gasteiger partial charge is 0.385 e. The van der Waals surface area contributed by atoms with Crippen LogP contribution in [0.1, 0.15) is 43.2 Å². The fourth-order valence-electron chi connectivity index (χ4n) is 3.53. The molecule has 0 radical (unpaired) electrons. The van der Waals surface area contributed by atoms with Crippen LogP contribution in [-0.2, 0) is 9.59 Å². The highest BCUT2D eigenvalue weighted by Crippen LogP contribution is 2.31. The lowest BCUT2D eigenvalue weighted by Gasteiger charge is -2.32. The van der Waals surface area contributed by atoms with E-state index in [1.807, 2.05) is 4.90 Å². The number of hydrogen-bond acceptors (Lipinski definition) is 3. The molecule has 1 aliphatic carbocycles. The molecule has 25 heavy (non-hydrogen) atoms. The van der Waals surface area contributed by atoms with E-state index < -0.39 is 0 Å². The molecule has 5 nitrogen and oxygen atoms in total. The lowest BCUT2D eigenvalue weighted by atomic mass is 10.0. The molecular weight excluding hydrogens is 314 g/mol. The fraction of sp³-hybridized carbons (Fsp3) is 0.600. The number of hydrogen-bond donors (Lipinski definition) is 2. The number of nitrogens with one attached hydrogen (secondary N) is 2. The number of carbonyl (C=O) groups excluding carboxylic acids is 2. The van der Waals surface area contributed by atoms with Crippen LogP contribution < -0.4 is 10.6 Å². The normalized spacial score (nSPS) is 18.1. The van der Waals surface area contributed by atoms with Gasteiger partial charge in [0.1, 0.15) is 0 Å². The van der Waals surface area contributed by atoms with Crippen molar-refractivity contribution in [3.05, 3.63) is 29.3 Å². The standard InChI is InChI=1S/C20H29N3O2/c1-14-11-15(2)13-18(12-14)21-8-5-19(24)22-17-6-9-23(10-7-17)20(25)16-3-4-16/h11-13,16-17,21H,3-10H2,1-2H3,(H,22,24). The average molecular weight is 343 g/mol. The molecule has 3 rings (SSSR count). The van der Waals surface area contributed by atoms with Crippen molar-refractivity contribution in [2.45, 2.75) is 52.0 Å². The molecule has 1 aliphatic heterocycles. The monoisotopic (exact) mass is 343 g/mol. The molecule has 0 spiro atoms. The molecule has 136 valence electrons. The summed E-state index contributed by atoms with van der Waals surface area (Å²) in [5, 5.41) is 6.44. The second-order valence-corrected chi connectivity index (χ2v) is 7.49. The Kier molecular flexibility index (Phi) is 5.61. The van der Waals surface area contributed by atoms with Gasteiger partial charge in [-0.2, -0.15) is 0 Å². The topological polar surface area (TPSA) is 61.4 Å². The number of anilines is 1. The second kappa shape index (κ2) is 7.89. The first kappa shape index (κ1) is 17.8. The zero-order valence-electron chi connectivity index (χ0n) is 15.3. The van der Waals surface area contributed by atoms with Gasteiger partial charge in [0.2, 0.25) is 11.8 Å². The van der Waals surface area contributed by atoms with Gasteiger partial charge in [-0.25, -0.2) is 0 Å². The summed E-state index contributed by atoms with van der Waals surface area (Å²) in [6.07, 6.45) is 4.32. The lowest BCUT2D eigenvalue weighted by Crippen LogP contribution is -2.47. The van der Waals surface area contributed by atoms with Gasteiger partial charge >= 0.3 is 0 Å². The Labute approximate surface area is 150 Å². The molecule has 0 bridgehead atoms. The molecule has 1 saturated heterocycles. The molecular formula is C20H29N3O2. The molecule has 2 fully saturated rings. The van der Waals surface area contributed by atoms with Crippen LogP contribution in [0.25, 0.3) is 0 Å². The third kappa shape index (κ3) is 5.21. The molecule has 1 aromatic rings. The van der Waals surface area contributed by atoms with Crippen molar-refractivity contribution < 1.29 is 9.59 Å². The van der Waals surface area contributed by atoms with Crippen LogP contribution in [0.3, 0.4) is 0 Å². The van der Waals surface area contributed by atoms with Crippen molar-refractivity contribution in [2.24, 2.45) is 5.92 Å². The van der Waals surface area contributed by atoms with Gasteiger partial charge in [0.15, 0.2) is 0 Å². The third-order valence-electron chi connectivity index (χ3n) is 5.00. The summed E-state index contributed by atoms with van der Waals surface area (Å²) in [6.45, 7) is 6.34. The van der Waals surface area contributed by atoms with E-state index in [1.165, 1.54) is 11.1 Å². The van der Waals surface area contributed by atoms with Crippen LogP contribution in [0.15, 0.2) is 18.2 Å². The Balaban J connectivity index is 1.35. The second-order valence-electron chi connectivity index (χ2n) is 7.49. The SMILES string of the molecule is Cc1cc(C)cc(NCCC(=O)NC2CCN(C(=O)C3CC3)CC2)c1. The number of carbonyl (C=O) groups is 2. The number of aryl methyl sites for hydroxylation is 2. The van der Waals surface area contributed by atoms with E-state index in [-0.39, 0.29) is 11.9 Å². The highest BCUT2D eigenvalue weighted by atomic mass is 16.2. The summed E-state index contributed by atoms with van der Waals surface area (Å²) in [4.78, 5) is 26.2. The van der Waals surface area contributed by atoms with Crippen LogP contribution >= 0.6 is 0 Å². The Morgan fingerprint density at radius 1 is 1.04 bits per heavy atom. The van der Waals surface area contributed by atoms with Crippen molar-refractivity contribution >= 4 is 17.5 Å². The summed E-state index contributed by atoms with van der Waals surface area (Å²) in [5.74, 6) is 0.703. The number of benzene rings is 1. The Morgan fingerprint density at radius 2 is 1.68 bits per heavy atom. The highest BCUT2D eigenvalue weighted by Gasteiger charge is 2.34. The minimum absolute atomic E-state index is 0.0869. The van der Waals surface area contributed by atoms with Crippen molar-refractivity contribution in [1.29, 1.82) is 0 Å². The summed E-state index contributed by atoms with van der Waals surface area (Å²) in [7, 11) is 0. The number of rotatable bonds is 6. The van der Waals surface area contributed by atoms with E-state index in [4.69, 9.17) is 0 Å². The first-order chi connectivity index (χ1) is 12.0. The van der Waals surface area contributed by atoms with Crippen LogP contribution in [-0.4, -0.2) is 42.4 Å². The van der Waals surface area contributed by atoms with Crippen molar-refractivity contribution in [2.75, 3.05) is 25.0 Å². The molecule has 5 heteroatoms. The Hall–Kier alpha value is -2.04. The zero-order valence-corrected chi connectivity index (χ0v) is 15.3. The highest BCUT2D eigenvalue weighted by molar-refractivity contribution is 5.81. The molecule has 1 saturated carbocycles. The number of likely N-dealkylation sites (tertiary alicyclic amines) is 1. The molecule has 0 atom stereocenters. The predicted molar refractivity (Wildman–Crippen MR) is 99.5 cm³/mol. The van der Waals surface area contributed by atoms with Crippen LogP contribution in [0.4, 0.5) is 5.69 Å². The number of nitrogens with zero attached hydrogens (tertiary/aromatic N) is 1. The van der Waals surface area contributed by atoms with Gasteiger partial charge in [-0.15, -0.1) is 0 Å². The maximum Gasteiger partial charge on any atom is 0.225 e. The Morgan fingerprint density at radius 3 is 2.28 bits per heavy atom. The Bertz CT molecular complexity index is 612. The van der Waals surface area contributed by atoms with Gasteiger partial charge in [0, 0.05) is 43.7 Å². The summed E-state index contributed by atoms with van der Waals surface area (Å²) < 4.78 is 0. The maximum atomic E-state index is 12.1. The van der Waals surface area contributed by atoms with E-state index in [1.54, 1.807) is 0 Å². The van der Waals surface area contributed by atoms with Crippen LogP contribution in [0.5, 0.6) is 0 Å². The average Bonchev–Trinajstić information content (AvgIpc) is 3.39. The van der Waals surface area contributed by atoms with E-state index >= 15 is 0 Å². The minimum Gasteiger partial charge on any atom is -0.385 e. The first-order valence-corrected chi connectivity index (χ1v) is 9.41. The van der Waals surface area contributed by atoms with Gasteiger partial charge in [0.05, 0.1) is 0 Å². The summed E-state index contributed by atoms with van der Waals surface area (Å²) in [6, 6.07) is 6.53. The van der Waals surface area contributed by atoms with Gasteiger partial charge in [-0.05, 0) is 62.8 Å². The molecule has 1 aromatic carbocycles. The van der Waals surface area contributed by atoms with E-state index in [0.717, 1.165) is 44.5 Å². The van der Waals surface area contributed by atoms with Gasteiger partial charge < -0.3 is 15.5 Å². The lowest BCUT2D eigenvalue weighted by molar-refractivity contribution is -0.133. The van der Waals surface area contributed by atoms with E-state index in [9.17, 15) is 9.59 Å². The van der Waals surface area contributed by atoms with Gasteiger partial charge in [-0.3, -0.25) is 9.59 Å². The quantitative estimate of drug-likeness (QED) is 0.835. The van der Waals surface area contributed by atoms with Crippen molar-refractivity contribution in [3.8, 4) is 0 Å². The smallest absolute Gasteiger partial charge is 0.225 e. The molecule has 1 heterocycles. The van der Waals surface area contributed by atoms with E-state index in [0.29, 0.717) is 24.8 Å². The molecule has 2 N–H and O–H groups in total. The summed E-state index contributed by atoms with van der Waals surface area (Å²) in [5.41, 5.74) is 3.51. The van der Waals surface area contributed by atoms with Crippen LogP contribution in [0.2, 0.25) is 0 Å². The number of amides is 2. The number of piperidine rings is 1. The third-order valence-corrected chi connectivity index (χ3v) is 5.00. The fourth-order valence-corrected chi connectivity index (χ4v) is 3.53. The van der Waals surface area contributed by atoms with Gasteiger partial charge in [0.25, 0.3) is 0 Å². The summed E-state index contributed by atoms with van der Waals surface area (Å²) >= 11 is 0. The van der Waals surface area contributed by atoms with Crippen LogP contribution in [0, 0.1) is 19.8 Å². The minimum atomic E-state index is 0.0869. The molecule has 0 aromatic heterocycles. The van der Waals surface area contributed by atoms with Crippen molar-refractivity contribution in [3.63, 3.8) is 0 Å². The molecule has 2 amide bonds. The first-order valence-electron chi connectivity index (χ1n) is 9.41.